The van der Waals surface area contributed by atoms with Gasteiger partial charge < -0.3 is 15.1 Å². The Balaban J connectivity index is 2.70. The lowest BCUT2D eigenvalue weighted by Crippen LogP contribution is -2.55. The predicted molar refractivity (Wildman–Crippen MR) is 89.5 cm³/mol. The van der Waals surface area contributed by atoms with Crippen molar-refractivity contribution in [2.75, 3.05) is 33.2 Å². The van der Waals surface area contributed by atoms with Crippen LogP contribution in [0.1, 0.15) is 47.0 Å². The molecule has 0 saturated carbocycles. The number of nitrogens with zero attached hydrogens (tertiary/aromatic N) is 2. The zero-order chi connectivity index (χ0) is 16.7. The highest BCUT2D eigenvalue weighted by Crippen LogP contribution is 2.13. The molecule has 5 heteroatoms. The van der Waals surface area contributed by atoms with E-state index in [0.717, 1.165) is 39.0 Å². The van der Waals surface area contributed by atoms with Gasteiger partial charge in [0.25, 0.3) is 0 Å². The van der Waals surface area contributed by atoms with E-state index in [2.05, 4.69) is 31.1 Å². The molecule has 1 N–H and O–H groups in total. The van der Waals surface area contributed by atoms with Crippen LogP contribution in [0.25, 0.3) is 0 Å². The highest BCUT2D eigenvalue weighted by Gasteiger charge is 2.29. The van der Waals surface area contributed by atoms with Crippen LogP contribution < -0.4 is 5.32 Å². The van der Waals surface area contributed by atoms with Gasteiger partial charge in [-0.15, -0.1) is 0 Å². The van der Waals surface area contributed by atoms with Crippen molar-refractivity contribution in [2.24, 2.45) is 11.8 Å². The van der Waals surface area contributed by atoms with Gasteiger partial charge >= 0.3 is 0 Å². The fourth-order valence-corrected chi connectivity index (χ4v) is 2.89. The molecule has 1 aliphatic heterocycles. The normalized spacial score (nSPS) is 17.9. The molecule has 0 bridgehead atoms. The number of hydrogen-bond acceptors (Lipinski definition) is 3. The fourth-order valence-electron chi connectivity index (χ4n) is 2.89. The van der Waals surface area contributed by atoms with Crippen molar-refractivity contribution in [1.82, 2.24) is 15.1 Å². The van der Waals surface area contributed by atoms with Crippen LogP contribution in [0, 0.1) is 11.8 Å². The molecule has 0 aromatic heterocycles. The van der Waals surface area contributed by atoms with Gasteiger partial charge in [-0.1, -0.05) is 27.7 Å². The molecule has 0 radical (unpaired) electrons. The van der Waals surface area contributed by atoms with Crippen LogP contribution in [-0.4, -0.2) is 60.9 Å². The lowest BCUT2D eigenvalue weighted by molar-refractivity contribution is -0.139. The molecule has 0 aliphatic carbocycles. The number of piperazine rings is 1. The fraction of sp³-hybridized carbons (Fsp3) is 0.882. The Bertz CT molecular complexity index is 359. The molecule has 1 rings (SSSR count). The van der Waals surface area contributed by atoms with Crippen LogP contribution in [0.3, 0.4) is 0 Å². The van der Waals surface area contributed by atoms with Crippen LogP contribution >= 0.6 is 0 Å². The molecule has 2 amide bonds. The molecular formula is C17H33N3O2. The second kappa shape index (κ2) is 9.13. The third-order valence-electron chi connectivity index (χ3n) is 4.49. The smallest absolute Gasteiger partial charge is 0.245 e. The Labute approximate surface area is 135 Å². The summed E-state index contributed by atoms with van der Waals surface area (Å²) in [5, 5.41) is 3.01. The van der Waals surface area contributed by atoms with E-state index in [1.807, 2.05) is 18.7 Å². The molecule has 0 aromatic rings. The van der Waals surface area contributed by atoms with Gasteiger partial charge in [0.15, 0.2) is 0 Å². The van der Waals surface area contributed by atoms with E-state index < -0.39 is 0 Å². The van der Waals surface area contributed by atoms with E-state index in [0.29, 0.717) is 12.3 Å². The number of rotatable bonds is 7. The molecule has 128 valence electrons. The quantitative estimate of drug-likeness (QED) is 0.779. The Morgan fingerprint density at radius 1 is 1.05 bits per heavy atom. The number of nitrogens with one attached hydrogen (secondary N) is 1. The van der Waals surface area contributed by atoms with Crippen molar-refractivity contribution in [3.05, 3.63) is 0 Å². The second-order valence-electron chi connectivity index (χ2n) is 6.83. The highest BCUT2D eigenvalue weighted by atomic mass is 16.2. The Hall–Kier alpha value is -1.10. The molecular weight excluding hydrogens is 278 g/mol. The number of likely N-dealkylation sites (N-methyl/N-ethyl adjacent to an activating group) is 1. The predicted octanol–water partition coefficient (Wildman–Crippen LogP) is 1.73. The van der Waals surface area contributed by atoms with Gasteiger partial charge in [0.1, 0.15) is 6.04 Å². The molecule has 5 nitrogen and oxygen atoms in total. The number of carbonyl (C=O) groups is 2. The number of hydrogen-bond donors (Lipinski definition) is 1. The summed E-state index contributed by atoms with van der Waals surface area (Å²) < 4.78 is 0. The summed E-state index contributed by atoms with van der Waals surface area (Å²) in [6.07, 6.45) is 2.34. The summed E-state index contributed by atoms with van der Waals surface area (Å²) in [6, 6.07) is -0.378. The molecule has 0 unspecified atom stereocenters. The van der Waals surface area contributed by atoms with Gasteiger partial charge in [0.2, 0.25) is 11.8 Å². The summed E-state index contributed by atoms with van der Waals surface area (Å²) in [7, 11) is 2.07. The lowest BCUT2D eigenvalue weighted by atomic mass is 9.98. The van der Waals surface area contributed by atoms with Crippen molar-refractivity contribution in [2.45, 2.75) is 53.0 Å². The summed E-state index contributed by atoms with van der Waals surface area (Å²) in [4.78, 5) is 29.2. The minimum absolute atomic E-state index is 0.00921. The molecule has 1 aliphatic rings. The average molecular weight is 311 g/mol. The second-order valence-corrected chi connectivity index (χ2v) is 6.83. The standard InChI is InChI=1S/C17H33N3O2/c1-6-14(7-2)16(21)18-15(12-13(3)4)17(22)20-10-8-19(5)9-11-20/h13-15H,6-12H2,1-5H3,(H,18,21)/t15-/m0/s1. The first-order valence-corrected chi connectivity index (χ1v) is 8.66. The third-order valence-corrected chi connectivity index (χ3v) is 4.49. The Morgan fingerprint density at radius 3 is 2.05 bits per heavy atom. The molecule has 1 heterocycles. The minimum Gasteiger partial charge on any atom is -0.344 e. The van der Waals surface area contributed by atoms with Gasteiger partial charge in [0.05, 0.1) is 0 Å². The minimum atomic E-state index is -0.378. The summed E-state index contributed by atoms with van der Waals surface area (Å²) in [5.41, 5.74) is 0. The molecule has 1 fully saturated rings. The van der Waals surface area contributed by atoms with Crippen molar-refractivity contribution in [3.63, 3.8) is 0 Å². The summed E-state index contributed by atoms with van der Waals surface area (Å²) >= 11 is 0. The van der Waals surface area contributed by atoms with Crippen LogP contribution in [0.2, 0.25) is 0 Å². The highest BCUT2D eigenvalue weighted by molar-refractivity contribution is 5.88. The van der Waals surface area contributed by atoms with Gasteiger partial charge in [-0.25, -0.2) is 0 Å². The Kier molecular flexibility index (Phi) is 7.87. The van der Waals surface area contributed by atoms with Gasteiger partial charge in [-0.05, 0) is 32.2 Å². The first-order chi connectivity index (χ1) is 10.4. The third kappa shape index (κ3) is 5.59. The zero-order valence-electron chi connectivity index (χ0n) is 14.9. The van der Waals surface area contributed by atoms with E-state index in [-0.39, 0.29) is 23.8 Å². The summed E-state index contributed by atoms with van der Waals surface area (Å²) in [5.74, 6) is 0.498. The van der Waals surface area contributed by atoms with E-state index in [9.17, 15) is 9.59 Å². The lowest BCUT2D eigenvalue weighted by Gasteiger charge is -2.35. The number of carbonyl (C=O) groups excluding carboxylic acids is 2. The zero-order valence-corrected chi connectivity index (χ0v) is 14.9. The van der Waals surface area contributed by atoms with Crippen molar-refractivity contribution >= 4 is 11.8 Å². The van der Waals surface area contributed by atoms with Gasteiger partial charge in [0, 0.05) is 32.1 Å². The maximum absolute atomic E-state index is 12.8. The van der Waals surface area contributed by atoms with Crippen LogP contribution in [0.5, 0.6) is 0 Å². The molecule has 22 heavy (non-hydrogen) atoms. The molecule has 0 aromatic carbocycles. The van der Waals surface area contributed by atoms with E-state index in [1.54, 1.807) is 0 Å². The molecule has 0 spiro atoms. The van der Waals surface area contributed by atoms with Crippen LogP contribution in [0.15, 0.2) is 0 Å². The monoisotopic (exact) mass is 311 g/mol. The number of amides is 2. The van der Waals surface area contributed by atoms with E-state index in [1.165, 1.54) is 0 Å². The molecule has 1 atom stereocenters. The average Bonchev–Trinajstić information content (AvgIpc) is 2.47. The largest absolute Gasteiger partial charge is 0.344 e. The first kappa shape index (κ1) is 18.9. The maximum Gasteiger partial charge on any atom is 0.245 e. The van der Waals surface area contributed by atoms with E-state index >= 15 is 0 Å². The van der Waals surface area contributed by atoms with Gasteiger partial charge in [-0.2, -0.15) is 0 Å². The maximum atomic E-state index is 12.8. The van der Waals surface area contributed by atoms with Crippen molar-refractivity contribution < 1.29 is 9.59 Å². The van der Waals surface area contributed by atoms with Crippen molar-refractivity contribution in [1.29, 1.82) is 0 Å². The summed E-state index contributed by atoms with van der Waals surface area (Å²) in [6.45, 7) is 11.5. The topological polar surface area (TPSA) is 52.7 Å². The molecule has 1 saturated heterocycles. The van der Waals surface area contributed by atoms with Crippen LogP contribution in [-0.2, 0) is 9.59 Å². The van der Waals surface area contributed by atoms with Crippen LogP contribution in [0.4, 0.5) is 0 Å². The van der Waals surface area contributed by atoms with Crippen molar-refractivity contribution in [3.8, 4) is 0 Å². The van der Waals surface area contributed by atoms with E-state index in [4.69, 9.17) is 0 Å². The Morgan fingerprint density at radius 2 is 1.59 bits per heavy atom. The van der Waals surface area contributed by atoms with Gasteiger partial charge in [-0.3, -0.25) is 9.59 Å². The SMILES string of the molecule is CCC(CC)C(=O)N[C@@H](CC(C)C)C(=O)N1CCN(C)CC1. The first-order valence-electron chi connectivity index (χ1n) is 8.66.